The standard InChI is InChI=1S/C84H87B2N3/c1-79(2,3)51-29-24-46(25-30-51)49-28-34-67-57(36-49)59-37-50(47-26-31-52(32-27-47)80(4,5)6)38-63-72(59)87(67)76-69(48-22-20-19-21-23-48)77-71-78-70(76)85(63)65-44-55(83(13,14)15)41-61-62-42-56(84(16,17)18)45-66(75(62)89(78)74(61)65)86(71)64-43-54(82(10,11)12)40-60-58-39-53(81(7,8)9)33-35-68(58)88(77)73(60)64/h24-45,48H,19-23H2,1-18H3. The van der Waals surface area contributed by atoms with Gasteiger partial charge in [-0.15, -0.1) is 0 Å². The molecule has 89 heavy (non-hydrogen) atoms. The summed E-state index contributed by atoms with van der Waals surface area (Å²) in [6, 6.07) is 55.5. The number of benzene rings is 9. The van der Waals surface area contributed by atoms with Gasteiger partial charge in [-0.25, -0.2) is 0 Å². The van der Waals surface area contributed by atoms with Gasteiger partial charge < -0.3 is 13.7 Å². The average Bonchev–Trinajstić information content (AvgIpc) is 1.57. The first-order valence-electron chi connectivity index (χ1n) is 33.8. The molecule has 3 aromatic heterocycles. The highest BCUT2D eigenvalue weighted by Gasteiger charge is 2.52. The van der Waals surface area contributed by atoms with Gasteiger partial charge in [0.15, 0.2) is 0 Å². The SMILES string of the molecule is CC(C)(C)c1ccc(-c2ccc3c(c2)c2cc(-c4ccc(C(C)(C)C)cc4)cc4c2n3-c2c3c5c6c(c2C2CCCCC2)-n2c7ccc(C(C)(C)C)cc7c7cc(C(C)(C)C)cc(c72)B6c2cc(C(C)(C)C)cc6c7cc(C(C)(C)C)cc(c7n-5c26)B34)cc1. The van der Waals surface area contributed by atoms with Gasteiger partial charge in [0, 0.05) is 77.0 Å². The third-order valence-electron chi connectivity index (χ3n) is 22.5. The molecular formula is C84H87B2N3. The van der Waals surface area contributed by atoms with Crippen molar-refractivity contribution in [2.45, 2.75) is 195 Å². The van der Waals surface area contributed by atoms with Crippen molar-refractivity contribution in [1.29, 1.82) is 0 Å². The molecule has 3 nitrogen and oxygen atoms in total. The van der Waals surface area contributed by atoms with Crippen LogP contribution in [0.25, 0.3) is 105 Å². The van der Waals surface area contributed by atoms with Crippen LogP contribution >= 0.6 is 0 Å². The molecule has 0 radical (unpaired) electrons. The Morgan fingerprint density at radius 1 is 0.292 bits per heavy atom. The number of aromatic nitrogens is 3. The number of hydrogen-bond donors (Lipinski definition) is 0. The molecule has 0 unspecified atom stereocenters. The first-order chi connectivity index (χ1) is 41.9. The van der Waals surface area contributed by atoms with E-state index < -0.39 is 0 Å². The van der Waals surface area contributed by atoms with Crippen molar-refractivity contribution in [3.8, 4) is 39.3 Å². The van der Waals surface area contributed by atoms with E-state index in [9.17, 15) is 0 Å². The second-order valence-corrected chi connectivity index (χ2v) is 34.5. The zero-order chi connectivity index (χ0) is 62.0. The molecule has 1 fully saturated rings. The Balaban J connectivity index is 1.12. The molecule has 5 heteroatoms. The quantitative estimate of drug-likeness (QED) is 0.157. The third-order valence-corrected chi connectivity index (χ3v) is 22.5. The predicted molar refractivity (Wildman–Crippen MR) is 388 cm³/mol. The Labute approximate surface area is 529 Å². The second kappa shape index (κ2) is 17.7. The van der Waals surface area contributed by atoms with E-state index in [1.54, 1.807) is 5.56 Å². The Hall–Kier alpha value is -7.49. The maximum atomic E-state index is 2.89. The topological polar surface area (TPSA) is 14.8 Å². The zero-order valence-electron chi connectivity index (χ0n) is 56.3. The molecule has 0 saturated heterocycles. The van der Waals surface area contributed by atoms with Crippen LogP contribution in [0.2, 0.25) is 0 Å². The van der Waals surface area contributed by atoms with Gasteiger partial charge in [0.25, 0.3) is 13.4 Å². The van der Waals surface area contributed by atoms with Gasteiger partial charge >= 0.3 is 0 Å². The van der Waals surface area contributed by atoms with Crippen LogP contribution in [0.1, 0.15) is 202 Å². The van der Waals surface area contributed by atoms with Crippen molar-refractivity contribution in [2.75, 3.05) is 0 Å². The predicted octanol–water partition coefficient (Wildman–Crippen LogP) is 18.4. The average molecular weight is 1160 g/mol. The molecule has 7 heterocycles. The van der Waals surface area contributed by atoms with Crippen LogP contribution in [0.5, 0.6) is 0 Å². The van der Waals surface area contributed by atoms with Crippen molar-refractivity contribution in [3.63, 3.8) is 0 Å². The van der Waals surface area contributed by atoms with Crippen LogP contribution in [0.4, 0.5) is 0 Å². The summed E-state index contributed by atoms with van der Waals surface area (Å²) in [5.41, 5.74) is 36.3. The van der Waals surface area contributed by atoms with E-state index in [1.165, 1.54) is 203 Å². The van der Waals surface area contributed by atoms with E-state index in [2.05, 4.69) is 272 Å². The molecule has 0 amide bonds. The van der Waals surface area contributed by atoms with Crippen LogP contribution in [0, 0.1) is 0 Å². The molecule has 0 N–H and O–H groups in total. The van der Waals surface area contributed by atoms with Crippen molar-refractivity contribution in [1.82, 2.24) is 13.7 Å². The summed E-state index contributed by atoms with van der Waals surface area (Å²) in [5.74, 6) is 0.359. The minimum Gasteiger partial charge on any atom is -0.311 e. The molecule has 1 saturated carbocycles. The van der Waals surface area contributed by atoms with Crippen LogP contribution in [-0.2, 0) is 32.5 Å². The summed E-state index contributed by atoms with van der Waals surface area (Å²) in [6.07, 6.45) is 6.14. The fourth-order valence-corrected chi connectivity index (χ4v) is 17.5. The number of nitrogens with zero attached hydrogens (tertiary/aromatic N) is 3. The van der Waals surface area contributed by atoms with Crippen molar-refractivity contribution in [3.05, 3.63) is 172 Å². The molecule has 12 aromatic rings. The second-order valence-electron chi connectivity index (χ2n) is 34.5. The molecule has 17 rings (SSSR count). The summed E-state index contributed by atoms with van der Waals surface area (Å²) >= 11 is 0. The monoisotopic (exact) mass is 1160 g/mol. The summed E-state index contributed by atoms with van der Waals surface area (Å²) in [4.78, 5) is 0. The molecule has 444 valence electrons. The van der Waals surface area contributed by atoms with E-state index >= 15 is 0 Å². The largest absolute Gasteiger partial charge is 0.311 e. The first-order valence-corrected chi connectivity index (χ1v) is 33.8. The smallest absolute Gasteiger partial charge is 0.252 e. The van der Waals surface area contributed by atoms with Gasteiger partial charge in [0.05, 0.1) is 11.0 Å². The molecular weight excluding hydrogens is 1070 g/mol. The number of hydrogen-bond acceptors (Lipinski definition) is 0. The Bertz CT molecular complexity index is 5140. The van der Waals surface area contributed by atoms with Crippen molar-refractivity contribution in [2.24, 2.45) is 0 Å². The summed E-state index contributed by atoms with van der Waals surface area (Å²) in [7, 11) is 0. The van der Waals surface area contributed by atoms with Gasteiger partial charge in [-0.05, 0) is 188 Å². The summed E-state index contributed by atoms with van der Waals surface area (Å²) < 4.78 is 8.66. The highest BCUT2D eigenvalue weighted by atomic mass is 15.1. The van der Waals surface area contributed by atoms with Crippen LogP contribution in [-0.4, -0.2) is 27.1 Å². The molecule has 0 atom stereocenters. The highest BCUT2D eigenvalue weighted by molar-refractivity contribution is 7.04. The lowest BCUT2D eigenvalue weighted by molar-refractivity contribution is 0.443. The molecule has 0 bridgehead atoms. The molecule has 0 spiro atoms. The lowest BCUT2D eigenvalue weighted by atomic mass is 9.29. The lowest BCUT2D eigenvalue weighted by Gasteiger charge is -2.44. The lowest BCUT2D eigenvalue weighted by Crippen LogP contribution is -2.67. The Morgan fingerprint density at radius 3 is 1.08 bits per heavy atom. The van der Waals surface area contributed by atoms with Crippen LogP contribution in [0.3, 0.4) is 0 Å². The normalized spacial score (nSPS) is 15.7. The van der Waals surface area contributed by atoms with Gasteiger partial charge in [0.2, 0.25) is 0 Å². The van der Waals surface area contributed by atoms with Gasteiger partial charge in [-0.1, -0.05) is 229 Å². The minimum absolute atomic E-state index is 0.00459. The molecule has 9 aromatic carbocycles. The molecule has 5 aliphatic rings. The van der Waals surface area contributed by atoms with E-state index in [0.29, 0.717) is 5.92 Å². The van der Waals surface area contributed by atoms with Crippen LogP contribution in [0.15, 0.2) is 133 Å². The number of fused-ring (bicyclic) bond motifs is 13. The Morgan fingerprint density at radius 2 is 0.629 bits per heavy atom. The van der Waals surface area contributed by atoms with E-state index in [0.717, 1.165) is 0 Å². The maximum Gasteiger partial charge on any atom is 0.252 e. The van der Waals surface area contributed by atoms with E-state index in [1.807, 2.05) is 0 Å². The molecule has 1 aliphatic carbocycles. The first kappa shape index (κ1) is 55.6. The number of rotatable bonds is 3. The fraction of sp³-hybridized carbons (Fsp3) is 0.357. The highest BCUT2D eigenvalue weighted by Crippen LogP contribution is 2.51. The minimum atomic E-state index is -0.103. The van der Waals surface area contributed by atoms with Gasteiger partial charge in [-0.3, -0.25) is 0 Å². The van der Waals surface area contributed by atoms with Crippen LogP contribution < -0.4 is 32.8 Å². The van der Waals surface area contributed by atoms with Crippen molar-refractivity contribution < 1.29 is 0 Å². The Kier molecular flexibility index (Phi) is 11.1. The third kappa shape index (κ3) is 7.66. The van der Waals surface area contributed by atoms with E-state index in [-0.39, 0.29) is 45.9 Å². The zero-order valence-corrected chi connectivity index (χ0v) is 56.3. The maximum absolute atomic E-state index is 2.89. The molecule has 4 aliphatic heterocycles. The van der Waals surface area contributed by atoms with Crippen molar-refractivity contribution >= 4 is 112 Å². The van der Waals surface area contributed by atoms with E-state index in [4.69, 9.17) is 0 Å². The summed E-state index contributed by atoms with van der Waals surface area (Å²) in [5, 5.41) is 8.26. The fourth-order valence-electron chi connectivity index (χ4n) is 17.5. The summed E-state index contributed by atoms with van der Waals surface area (Å²) in [6.45, 7) is 43.1. The van der Waals surface area contributed by atoms with Gasteiger partial charge in [0.1, 0.15) is 0 Å². The van der Waals surface area contributed by atoms with Gasteiger partial charge in [-0.2, -0.15) is 0 Å².